The number of hydrogen-bond donors (Lipinski definition) is 1. The Hall–Kier alpha value is -3.45. The minimum Gasteiger partial charge on any atom is -0.378 e. The van der Waals surface area contributed by atoms with Gasteiger partial charge in [0, 0.05) is 24.2 Å². The first-order chi connectivity index (χ1) is 13.7. The molecule has 1 aliphatic heterocycles. The van der Waals surface area contributed by atoms with E-state index in [2.05, 4.69) is 9.97 Å². The molecule has 1 aliphatic rings. The van der Waals surface area contributed by atoms with Crippen LogP contribution in [0.15, 0.2) is 59.5 Å². The highest BCUT2D eigenvalue weighted by Crippen LogP contribution is 2.23. The Bertz CT molecular complexity index is 1240. The molecule has 7 nitrogen and oxygen atoms in total. The molecule has 2 aromatic heterocycles. The van der Waals surface area contributed by atoms with E-state index in [1.54, 1.807) is 23.2 Å². The van der Waals surface area contributed by atoms with Crippen molar-refractivity contribution < 1.29 is 9.53 Å². The maximum atomic E-state index is 12.8. The summed E-state index contributed by atoms with van der Waals surface area (Å²) in [4.78, 5) is 34.5. The lowest BCUT2D eigenvalue weighted by molar-refractivity contribution is 0.0303. The van der Waals surface area contributed by atoms with Gasteiger partial charge in [0.05, 0.1) is 30.4 Å². The second kappa shape index (κ2) is 6.61. The van der Waals surface area contributed by atoms with Crippen molar-refractivity contribution in [3.05, 3.63) is 70.6 Å². The second-order valence-electron chi connectivity index (χ2n) is 6.76. The fourth-order valence-electron chi connectivity index (χ4n) is 3.65. The molecule has 2 aromatic carbocycles. The average molecular weight is 374 g/mol. The van der Waals surface area contributed by atoms with Gasteiger partial charge in [0.1, 0.15) is 11.3 Å². The maximum absolute atomic E-state index is 12.8. The Labute approximate surface area is 160 Å². The summed E-state index contributed by atoms with van der Waals surface area (Å²) >= 11 is 0. The highest BCUT2D eigenvalue weighted by molar-refractivity contribution is 5.97. The van der Waals surface area contributed by atoms with Crippen LogP contribution in [0, 0.1) is 0 Å². The molecule has 0 atom stereocenters. The number of rotatable bonds is 2. The average Bonchev–Trinajstić information content (AvgIpc) is 3.20. The van der Waals surface area contributed by atoms with Crippen LogP contribution < -0.4 is 5.56 Å². The number of aromatic amines is 1. The van der Waals surface area contributed by atoms with Gasteiger partial charge >= 0.3 is 0 Å². The summed E-state index contributed by atoms with van der Waals surface area (Å²) in [5.74, 6) is 0.638. The van der Waals surface area contributed by atoms with Crippen molar-refractivity contribution in [1.82, 2.24) is 19.3 Å². The molecule has 0 spiro atoms. The van der Waals surface area contributed by atoms with Crippen molar-refractivity contribution in [3.8, 4) is 11.4 Å². The molecule has 4 aromatic rings. The number of carbonyl (C=O) groups is 1. The third kappa shape index (κ3) is 2.68. The van der Waals surface area contributed by atoms with E-state index in [-0.39, 0.29) is 11.5 Å². The van der Waals surface area contributed by atoms with E-state index in [0.717, 1.165) is 11.1 Å². The summed E-state index contributed by atoms with van der Waals surface area (Å²) < 4.78 is 7.15. The van der Waals surface area contributed by atoms with Crippen LogP contribution in [0.3, 0.4) is 0 Å². The molecular weight excluding hydrogens is 356 g/mol. The van der Waals surface area contributed by atoms with Crippen LogP contribution in [0.4, 0.5) is 0 Å². The standard InChI is InChI=1S/C21H18N4O3/c26-20-18-13-22-19(14-4-2-1-3-5-14)25(18)17-7-6-15(12-16(17)23-20)21(27)24-8-10-28-11-9-24/h1-7,12-13H,8-11H2,(H,23,26). The van der Waals surface area contributed by atoms with Gasteiger partial charge in [-0.2, -0.15) is 0 Å². The zero-order valence-corrected chi connectivity index (χ0v) is 15.1. The van der Waals surface area contributed by atoms with Gasteiger partial charge in [-0.3, -0.25) is 14.0 Å². The van der Waals surface area contributed by atoms with E-state index in [1.165, 1.54) is 0 Å². The first kappa shape index (κ1) is 16.7. The zero-order valence-electron chi connectivity index (χ0n) is 15.1. The minimum atomic E-state index is -0.238. The summed E-state index contributed by atoms with van der Waals surface area (Å²) in [5.41, 5.74) is 3.10. The summed E-state index contributed by atoms with van der Waals surface area (Å²) in [5, 5.41) is 0. The van der Waals surface area contributed by atoms with Crippen molar-refractivity contribution >= 4 is 22.5 Å². The van der Waals surface area contributed by atoms with Crippen LogP contribution in [0.5, 0.6) is 0 Å². The van der Waals surface area contributed by atoms with Gasteiger partial charge in [-0.05, 0) is 18.2 Å². The number of hydrogen-bond acceptors (Lipinski definition) is 4. The van der Waals surface area contributed by atoms with Gasteiger partial charge in [0.2, 0.25) is 0 Å². The van der Waals surface area contributed by atoms with Crippen LogP contribution in [0.25, 0.3) is 27.9 Å². The highest BCUT2D eigenvalue weighted by Gasteiger charge is 2.20. The molecule has 1 fully saturated rings. The number of amides is 1. The van der Waals surface area contributed by atoms with E-state index in [1.807, 2.05) is 40.8 Å². The van der Waals surface area contributed by atoms with Crippen LogP contribution >= 0.6 is 0 Å². The van der Waals surface area contributed by atoms with E-state index >= 15 is 0 Å². The van der Waals surface area contributed by atoms with Crippen LogP contribution in [0.2, 0.25) is 0 Å². The van der Waals surface area contributed by atoms with Gasteiger partial charge in [-0.1, -0.05) is 30.3 Å². The van der Waals surface area contributed by atoms with Gasteiger partial charge in [0.25, 0.3) is 11.5 Å². The van der Waals surface area contributed by atoms with Gasteiger partial charge in [-0.15, -0.1) is 0 Å². The molecule has 0 bridgehead atoms. The molecule has 140 valence electrons. The van der Waals surface area contributed by atoms with Crippen LogP contribution in [0.1, 0.15) is 10.4 Å². The van der Waals surface area contributed by atoms with Crippen molar-refractivity contribution in [2.75, 3.05) is 26.3 Å². The summed E-state index contributed by atoms with van der Waals surface area (Å²) in [6.45, 7) is 2.25. The van der Waals surface area contributed by atoms with E-state index in [4.69, 9.17) is 4.74 Å². The molecule has 1 amide bonds. The molecular formula is C21H18N4O3. The predicted octanol–water partition coefficient (Wildman–Crippen LogP) is 2.32. The monoisotopic (exact) mass is 374 g/mol. The Kier molecular flexibility index (Phi) is 3.95. The zero-order chi connectivity index (χ0) is 19.1. The van der Waals surface area contributed by atoms with Crippen LogP contribution in [-0.4, -0.2) is 51.5 Å². The van der Waals surface area contributed by atoms with E-state index < -0.39 is 0 Å². The first-order valence-corrected chi connectivity index (χ1v) is 9.18. The lowest BCUT2D eigenvalue weighted by Gasteiger charge is -2.26. The fourth-order valence-corrected chi connectivity index (χ4v) is 3.65. The molecule has 28 heavy (non-hydrogen) atoms. The first-order valence-electron chi connectivity index (χ1n) is 9.18. The Morgan fingerprint density at radius 2 is 1.82 bits per heavy atom. The molecule has 5 rings (SSSR count). The van der Waals surface area contributed by atoms with Crippen LogP contribution in [-0.2, 0) is 4.74 Å². The Morgan fingerprint density at radius 1 is 1.04 bits per heavy atom. The number of H-pyrrole nitrogens is 1. The molecule has 0 saturated carbocycles. The topological polar surface area (TPSA) is 79.7 Å². The second-order valence-corrected chi connectivity index (χ2v) is 6.76. The fraction of sp³-hybridized carbons (Fsp3) is 0.190. The van der Waals surface area contributed by atoms with Crippen molar-refractivity contribution in [3.63, 3.8) is 0 Å². The number of nitrogens with one attached hydrogen (secondary N) is 1. The lowest BCUT2D eigenvalue weighted by Crippen LogP contribution is -2.40. The van der Waals surface area contributed by atoms with Gasteiger partial charge in [-0.25, -0.2) is 4.98 Å². The third-order valence-electron chi connectivity index (χ3n) is 5.06. The lowest BCUT2D eigenvalue weighted by atomic mass is 10.1. The molecule has 1 N–H and O–H groups in total. The molecule has 3 heterocycles. The summed E-state index contributed by atoms with van der Waals surface area (Å²) in [7, 11) is 0. The van der Waals surface area contributed by atoms with E-state index in [0.29, 0.717) is 48.7 Å². The largest absolute Gasteiger partial charge is 0.378 e. The summed E-state index contributed by atoms with van der Waals surface area (Å²) in [6, 6.07) is 15.1. The quantitative estimate of drug-likeness (QED) is 0.584. The molecule has 7 heteroatoms. The number of aromatic nitrogens is 3. The Morgan fingerprint density at radius 3 is 2.61 bits per heavy atom. The van der Waals surface area contributed by atoms with Crippen molar-refractivity contribution in [2.45, 2.75) is 0 Å². The number of carbonyl (C=O) groups excluding carboxylic acids is 1. The highest BCUT2D eigenvalue weighted by atomic mass is 16.5. The number of morpholine rings is 1. The van der Waals surface area contributed by atoms with E-state index in [9.17, 15) is 9.59 Å². The number of nitrogens with zero attached hydrogens (tertiary/aromatic N) is 3. The van der Waals surface area contributed by atoms with Crippen molar-refractivity contribution in [1.29, 1.82) is 0 Å². The number of imidazole rings is 1. The Balaban J connectivity index is 1.67. The third-order valence-corrected chi connectivity index (χ3v) is 5.06. The molecule has 0 unspecified atom stereocenters. The van der Waals surface area contributed by atoms with Gasteiger partial charge in [0.15, 0.2) is 0 Å². The smallest absolute Gasteiger partial charge is 0.274 e. The minimum absolute atomic E-state index is 0.0555. The summed E-state index contributed by atoms with van der Waals surface area (Å²) in [6.07, 6.45) is 1.58. The number of fused-ring (bicyclic) bond motifs is 3. The van der Waals surface area contributed by atoms with Gasteiger partial charge < -0.3 is 14.6 Å². The molecule has 1 saturated heterocycles. The molecule has 0 radical (unpaired) electrons. The maximum Gasteiger partial charge on any atom is 0.274 e. The number of ether oxygens (including phenoxy) is 1. The normalized spacial score (nSPS) is 14.6. The number of benzene rings is 2. The SMILES string of the molecule is O=C(c1ccc2c(c1)[nH]c(=O)c1cnc(-c3ccccc3)n12)N1CCOCC1. The predicted molar refractivity (Wildman–Crippen MR) is 105 cm³/mol. The molecule has 0 aliphatic carbocycles. The van der Waals surface area contributed by atoms with Crippen molar-refractivity contribution in [2.24, 2.45) is 0 Å².